The van der Waals surface area contributed by atoms with Crippen LogP contribution in [-0.4, -0.2) is 70.6 Å². The third-order valence-corrected chi connectivity index (χ3v) is 5.26. The summed E-state index contributed by atoms with van der Waals surface area (Å²) in [5.74, 6) is -0.510. The molecule has 0 unspecified atom stereocenters. The van der Waals surface area contributed by atoms with Crippen LogP contribution in [-0.2, 0) is 4.79 Å². The standard InChI is InChI=1S/C19H22FN5O2/c20-16-6-2-1-5-14(16)18-15(10-22-23-18)19(27)24-8-3-4-13(12-24)25-9-7-21-11-17(25)26/h1-2,5-6,10,13,21H,3-4,7-9,11-12H2,(H,22,23)/t13-/m1/s1. The monoisotopic (exact) mass is 371 g/mol. The van der Waals surface area contributed by atoms with E-state index in [2.05, 4.69) is 15.5 Å². The predicted octanol–water partition coefficient (Wildman–Crippen LogP) is 1.25. The maximum atomic E-state index is 14.2. The number of likely N-dealkylation sites (tertiary alicyclic amines) is 1. The Morgan fingerprint density at radius 2 is 2.11 bits per heavy atom. The molecule has 3 heterocycles. The van der Waals surface area contributed by atoms with Crippen LogP contribution in [0.4, 0.5) is 4.39 Å². The van der Waals surface area contributed by atoms with Gasteiger partial charge in [-0.2, -0.15) is 5.10 Å². The lowest BCUT2D eigenvalue weighted by Crippen LogP contribution is -2.57. The van der Waals surface area contributed by atoms with E-state index in [-0.39, 0.29) is 17.9 Å². The highest BCUT2D eigenvalue weighted by molar-refractivity contribution is 6.00. The number of benzene rings is 1. The van der Waals surface area contributed by atoms with Crippen LogP contribution in [0.3, 0.4) is 0 Å². The third kappa shape index (κ3) is 3.44. The molecule has 2 amide bonds. The first-order valence-electron chi connectivity index (χ1n) is 9.23. The summed E-state index contributed by atoms with van der Waals surface area (Å²) in [5, 5.41) is 9.79. The maximum Gasteiger partial charge on any atom is 0.257 e. The van der Waals surface area contributed by atoms with Crippen LogP contribution in [0.2, 0.25) is 0 Å². The molecule has 2 aromatic rings. The average molecular weight is 371 g/mol. The Hall–Kier alpha value is -2.74. The first-order valence-corrected chi connectivity index (χ1v) is 9.23. The largest absolute Gasteiger partial charge is 0.336 e. The number of nitrogens with zero attached hydrogens (tertiary/aromatic N) is 3. The van der Waals surface area contributed by atoms with Crippen molar-refractivity contribution in [2.75, 3.05) is 32.7 Å². The first-order chi connectivity index (χ1) is 13.1. The number of aromatic nitrogens is 2. The Bertz CT molecular complexity index is 852. The molecule has 0 aliphatic carbocycles. The van der Waals surface area contributed by atoms with Crippen molar-refractivity contribution in [1.82, 2.24) is 25.3 Å². The molecule has 2 fully saturated rings. The summed E-state index contributed by atoms with van der Waals surface area (Å²) >= 11 is 0. The summed E-state index contributed by atoms with van der Waals surface area (Å²) in [6.45, 7) is 2.90. The number of rotatable bonds is 3. The van der Waals surface area contributed by atoms with E-state index in [1.807, 2.05) is 4.90 Å². The molecule has 0 radical (unpaired) electrons. The molecule has 7 nitrogen and oxygen atoms in total. The molecule has 2 aliphatic rings. The second kappa shape index (κ2) is 7.48. The Labute approximate surface area is 156 Å². The van der Waals surface area contributed by atoms with Crippen LogP contribution in [0.5, 0.6) is 0 Å². The number of carbonyl (C=O) groups is 2. The summed E-state index contributed by atoms with van der Waals surface area (Å²) < 4.78 is 14.2. The molecule has 4 rings (SSSR count). The minimum absolute atomic E-state index is 0.0288. The molecule has 142 valence electrons. The number of aromatic amines is 1. The molecule has 2 aliphatic heterocycles. The van der Waals surface area contributed by atoms with Gasteiger partial charge in [0.25, 0.3) is 5.91 Å². The van der Waals surface area contributed by atoms with Crippen molar-refractivity contribution in [3.8, 4) is 11.3 Å². The summed E-state index contributed by atoms with van der Waals surface area (Å²) in [4.78, 5) is 28.9. The van der Waals surface area contributed by atoms with Gasteiger partial charge in [-0.15, -0.1) is 0 Å². The Morgan fingerprint density at radius 3 is 2.93 bits per heavy atom. The topological polar surface area (TPSA) is 81.3 Å². The van der Waals surface area contributed by atoms with Gasteiger partial charge in [0, 0.05) is 37.8 Å². The molecule has 1 aromatic carbocycles. The van der Waals surface area contributed by atoms with Gasteiger partial charge in [-0.3, -0.25) is 14.7 Å². The smallest absolute Gasteiger partial charge is 0.257 e. The molecular formula is C19H22FN5O2. The van der Waals surface area contributed by atoms with E-state index in [0.717, 1.165) is 19.4 Å². The molecule has 8 heteroatoms. The maximum absolute atomic E-state index is 14.2. The van der Waals surface area contributed by atoms with Crippen molar-refractivity contribution in [3.63, 3.8) is 0 Å². The lowest BCUT2D eigenvalue weighted by atomic mass is 10.0. The number of carbonyl (C=O) groups excluding carboxylic acids is 2. The van der Waals surface area contributed by atoms with Gasteiger partial charge < -0.3 is 15.1 Å². The normalized spacial score (nSPS) is 20.8. The zero-order valence-electron chi connectivity index (χ0n) is 14.9. The summed E-state index contributed by atoms with van der Waals surface area (Å²) in [6.07, 6.45) is 3.17. The lowest BCUT2D eigenvalue weighted by molar-refractivity contribution is -0.135. The van der Waals surface area contributed by atoms with Crippen molar-refractivity contribution in [2.24, 2.45) is 0 Å². The molecule has 0 spiro atoms. The Balaban J connectivity index is 1.54. The van der Waals surface area contributed by atoms with Crippen LogP contribution < -0.4 is 5.32 Å². The highest BCUT2D eigenvalue weighted by Crippen LogP contribution is 2.26. The second-order valence-electron chi connectivity index (χ2n) is 6.95. The van der Waals surface area contributed by atoms with Crippen LogP contribution in [0.1, 0.15) is 23.2 Å². The molecule has 1 atom stereocenters. The van der Waals surface area contributed by atoms with Gasteiger partial charge >= 0.3 is 0 Å². The van der Waals surface area contributed by atoms with Crippen molar-refractivity contribution in [2.45, 2.75) is 18.9 Å². The Kier molecular flexibility index (Phi) is 4.89. The number of halogens is 1. The number of piperazine rings is 1. The molecule has 27 heavy (non-hydrogen) atoms. The van der Waals surface area contributed by atoms with Gasteiger partial charge in [-0.1, -0.05) is 12.1 Å². The fourth-order valence-corrected chi connectivity index (χ4v) is 3.89. The lowest BCUT2D eigenvalue weighted by Gasteiger charge is -2.41. The number of hydrogen-bond donors (Lipinski definition) is 2. The number of piperidine rings is 1. The van der Waals surface area contributed by atoms with Crippen LogP contribution in [0.15, 0.2) is 30.5 Å². The zero-order chi connectivity index (χ0) is 18.8. The number of H-pyrrole nitrogens is 1. The van der Waals surface area contributed by atoms with E-state index in [0.29, 0.717) is 43.0 Å². The van der Waals surface area contributed by atoms with E-state index >= 15 is 0 Å². The highest BCUT2D eigenvalue weighted by atomic mass is 19.1. The SMILES string of the molecule is O=C(c1cn[nH]c1-c1ccccc1F)N1CCC[C@@H](N2CCNCC2=O)C1. The van der Waals surface area contributed by atoms with Gasteiger partial charge in [0.1, 0.15) is 5.82 Å². The minimum Gasteiger partial charge on any atom is -0.336 e. The van der Waals surface area contributed by atoms with Gasteiger partial charge in [-0.05, 0) is 25.0 Å². The second-order valence-corrected chi connectivity index (χ2v) is 6.95. The van der Waals surface area contributed by atoms with Crippen molar-refractivity contribution in [3.05, 3.63) is 41.8 Å². The van der Waals surface area contributed by atoms with Gasteiger partial charge in [-0.25, -0.2) is 4.39 Å². The van der Waals surface area contributed by atoms with Crippen LogP contribution in [0, 0.1) is 5.82 Å². The van der Waals surface area contributed by atoms with E-state index < -0.39 is 5.82 Å². The van der Waals surface area contributed by atoms with Gasteiger partial charge in [0.15, 0.2) is 0 Å². The zero-order valence-corrected chi connectivity index (χ0v) is 14.9. The first kappa shape index (κ1) is 17.7. The minimum atomic E-state index is -0.404. The molecule has 0 saturated carbocycles. The quantitative estimate of drug-likeness (QED) is 0.851. The number of nitrogens with one attached hydrogen (secondary N) is 2. The number of amides is 2. The van der Waals surface area contributed by atoms with Gasteiger partial charge in [0.2, 0.25) is 5.91 Å². The van der Waals surface area contributed by atoms with Crippen molar-refractivity contribution in [1.29, 1.82) is 0 Å². The van der Waals surface area contributed by atoms with E-state index in [9.17, 15) is 14.0 Å². The average Bonchev–Trinajstić information content (AvgIpc) is 3.18. The van der Waals surface area contributed by atoms with E-state index in [4.69, 9.17) is 0 Å². The molecule has 0 bridgehead atoms. The Morgan fingerprint density at radius 1 is 1.26 bits per heavy atom. The van der Waals surface area contributed by atoms with E-state index in [1.165, 1.54) is 12.3 Å². The molecule has 2 saturated heterocycles. The van der Waals surface area contributed by atoms with E-state index in [1.54, 1.807) is 23.1 Å². The fraction of sp³-hybridized carbons (Fsp3) is 0.421. The summed E-state index contributed by atoms with van der Waals surface area (Å²) in [5.41, 5.74) is 1.06. The van der Waals surface area contributed by atoms with Gasteiger partial charge in [0.05, 0.1) is 24.0 Å². The van der Waals surface area contributed by atoms with Crippen molar-refractivity contribution >= 4 is 11.8 Å². The van der Waals surface area contributed by atoms with Crippen LogP contribution >= 0.6 is 0 Å². The van der Waals surface area contributed by atoms with Crippen molar-refractivity contribution < 1.29 is 14.0 Å². The molecule has 1 aromatic heterocycles. The fourth-order valence-electron chi connectivity index (χ4n) is 3.89. The number of hydrogen-bond acceptors (Lipinski definition) is 4. The molecular weight excluding hydrogens is 349 g/mol. The third-order valence-electron chi connectivity index (χ3n) is 5.26. The van der Waals surface area contributed by atoms with Crippen LogP contribution in [0.25, 0.3) is 11.3 Å². The molecule has 2 N–H and O–H groups in total. The summed E-state index contributed by atoms with van der Waals surface area (Å²) in [6, 6.07) is 6.34. The summed E-state index contributed by atoms with van der Waals surface area (Å²) in [7, 11) is 0. The highest BCUT2D eigenvalue weighted by Gasteiger charge is 2.33. The predicted molar refractivity (Wildman–Crippen MR) is 97.5 cm³/mol.